The highest BCUT2D eigenvalue weighted by Gasteiger charge is 2.10. The number of phenolic OH excluding ortho intramolecular Hbond substituents is 1. The van der Waals surface area contributed by atoms with Gasteiger partial charge in [0.2, 0.25) is 5.91 Å². The largest absolute Gasteiger partial charge is 0.506 e. The van der Waals surface area contributed by atoms with Crippen molar-refractivity contribution in [1.29, 1.82) is 0 Å². The molecule has 0 aliphatic carbocycles. The van der Waals surface area contributed by atoms with E-state index >= 15 is 0 Å². The number of hydrogen-bond acceptors (Lipinski definition) is 3. The normalized spacial score (nSPS) is 10.3. The second kappa shape index (κ2) is 5.10. The first-order chi connectivity index (χ1) is 8.58. The number of anilines is 1. The highest BCUT2D eigenvalue weighted by Crippen LogP contribution is 2.21. The van der Waals surface area contributed by atoms with Crippen LogP contribution in [0.2, 0.25) is 5.02 Å². The molecule has 0 saturated carbocycles. The number of rotatable bonds is 3. The molecule has 0 saturated heterocycles. The van der Waals surface area contributed by atoms with Crippen LogP contribution >= 0.6 is 11.6 Å². The molecule has 1 aromatic heterocycles. The predicted molar refractivity (Wildman–Crippen MR) is 68.7 cm³/mol. The minimum absolute atomic E-state index is 0.0288. The number of amides is 1. The fourth-order valence-corrected chi connectivity index (χ4v) is 1.63. The Morgan fingerprint density at radius 1 is 1.50 bits per heavy atom. The minimum atomic E-state index is -0.278. The number of hydrogen-bond donors (Lipinski definition) is 2. The van der Waals surface area contributed by atoms with Crippen molar-refractivity contribution in [1.82, 2.24) is 9.78 Å². The first-order valence-electron chi connectivity index (χ1n) is 5.33. The molecular weight excluding hydrogens is 254 g/mol. The molecule has 5 nitrogen and oxygen atoms in total. The van der Waals surface area contributed by atoms with Crippen molar-refractivity contribution >= 4 is 23.2 Å². The van der Waals surface area contributed by atoms with E-state index in [1.165, 1.54) is 16.9 Å². The second-order valence-electron chi connectivity index (χ2n) is 3.80. The summed E-state index contributed by atoms with van der Waals surface area (Å²) in [6, 6.07) is 6.54. The van der Waals surface area contributed by atoms with E-state index in [9.17, 15) is 9.90 Å². The lowest BCUT2D eigenvalue weighted by atomic mass is 10.3. The van der Waals surface area contributed by atoms with Crippen LogP contribution in [0.5, 0.6) is 5.75 Å². The molecule has 2 N–H and O–H groups in total. The maximum Gasteiger partial charge on any atom is 0.246 e. The van der Waals surface area contributed by atoms with Crippen molar-refractivity contribution in [2.45, 2.75) is 13.5 Å². The van der Waals surface area contributed by atoms with Gasteiger partial charge in [0.05, 0.1) is 22.6 Å². The van der Waals surface area contributed by atoms with Crippen LogP contribution in [0.3, 0.4) is 0 Å². The van der Waals surface area contributed by atoms with Crippen molar-refractivity contribution in [2.75, 3.05) is 5.32 Å². The van der Waals surface area contributed by atoms with E-state index in [1.54, 1.807) is 25.1 Å². The van der Waals surface area contributed by atoms with E-state index in [-0.39, 0.29) is 18.2 Å². The summed E-state index contributed by atoms with van der Waals surface area (Å²) in [5.74, 6) is -0.250. The summed E-state index contributed by atoms with van der Waals surface area (Å²) in [5, 5.41) is 16.6. The van der Waals surface area contributed by atoms with Gasteiger partial charge in [-0.05, 0) is 19.1 Å². The maximum absolute atomic E-state index is 11.8. The van der Waals surface area contributed by atoms with Crippen LogP contribution < -0.4 is 5.32 Å². The molecule has 0 aliphatic rings. The Kier molecular flexibility index (Phi) is 3.53. The lowest BCUT2D eigenvalue weighted by Crippen LogP contribution is -2.20. The van der Waals surface area contributed by atoms with E-state index in [0.29, 0.717) is 10.7 Å². The molecule has 0 bridgehead atoms. The Morgan fingerprint density at radius 3 is 2.83 bits per heavy atom. The Balaban J connectivity index is 2.06. The Hall–Kier alpha value is -2.01. The van der Waals surface area contributed by atoms with Gasteiger partial charge in [-0.3, -0.25) is 9.48 Å². The number of para-hydroxylation sites is 2. The molecule has 2 aromatic rings. The number of phenols is 1. The second-order valence-corrected chi connectivity index (χ2v) is 4.21. The fourth-order valence-electron chi connectivity index (χ4n) is 1.49. The van der Waals surface area contributed by atoms with Crippen molar-refractivity contribution < 1.29 is 9.90 Å². The molecule has 6 heteroatoms. The van der Waals surface area contributed by atoms with E-state index in [2.05, 4.69) is 10.4 Å². The predicted octanol–water partition coefficient (Wildman–Crippen LogP) is 2.19. The van der Waals surface area contributed by atoms with Gasteiger partial charge in [-0.25, -0.2) is 0 Å². The average molecular weight is 266 g/mol. The van der Waals surface area contributed by atoms with Crippen molar-refractivity contribution in [2.24, 2.45) is 0 Å². The zero-order valence-corrected chi connectivity index (χ0v) is 10.5. The third-order valence-corrected chi connectivity index (χ3v) is 2.89. The van der Waals surface area contributed by atoms with Gasteiger partial charge in [0, 0.05) is 0 Å². The van der Waals surface area contributed by atoms with Crippen molar-refractivity contribution in [3.8, 4) is 5.75 Å². The van der Waals surface area contributed by atoms with Crippen LogP contribution in [0.4, 0.5) is 5.69 Å². The Morgan fingerprint density at radius 2 is 2.22 bits per heavy atom. The van der Waals surface area contributed by atoms with Gasteiger partial charge in [0.1, 0.15) is 12.3 Å². The van der Waals surface area contributed by atoms with Crippen LogP contribution in [-0.2, 0) is 11.3 Å². The number of nitrogens with one attached hydrogen (secondary N) is 1. The quantitative estimate of drug-likeness (QED) is 0.836. The number of nitrogens with zero attached hydrogens (tertiary/aromatic N) is 2. The number of benzene rings is 1. The molecule has 18 heavy (non-hydrogen) atoms. The third kappa shape index (κ3) is 2.62. The van der Waals surface area contributed by atoms with Gasteiger partial charge in [-0.1, -0.05) is 23.7 Å². The highest BCUT2D eigenvalue weighted by atomic mass is 35.5. The van der Waals surface area contributed by atoms with Crippen LogP contribution in [0.15, 0.2) is 30.5 Å². The summed E-state index contributed by atoms with van der Waals surface area (Å²) in [5.41, 5.74) is 1.10. The van der Waals surface area contributed by atoms with Gasteiger partial charge < -0.3 is 10.4 Å². The molecule has 1 amide bonds. The third-order valence-electron chi connectivity index (χ3n) is 2.51. The van der Waals surface area contributed by atoms with Crippen LogP contribution in [-0.4, -0.2) is 20.8 Å². The zero-order chi connectivity index (χ0) is 13.1. The van der Waals surface area contributed by atoms with Gasteiger partial charge >= 0.3 is 0 Å². The fraction of sp³-hybridized carbons (Fsp3) is 0.167. The molecule has 2 rings (SSSR count). The number of carbonyl (C=O) groups is 1. The molecule has 1 heterocycles. The van der Waals surface area contributed by atoms with Crippen LogP contribution in [0.25, 0.3) is 0 Å². The topological polar surface area (TPSA) is 67.2 Å². The SMILES string of the molecule is Cc1c(Cl)cnn1CC(=O)Nc1ccccc1O. The first-order valence-corrected chi connectivity index (χ1v) is 5.71. The first kappa shape index (κ1) is 12.4. The molecule has 0 radical (unpaired) electrons. The zero-order valence-electron chi connectivity index (χ0n) is 9.72. The van der Waals surface area contributed by atoms with Gasteiger partial charge in [-0.15, -0.1) is 0 Å². The highest BCUT2D eigenvalue weighted by molar-refractivity contribution is 6.31. The summed E-state index contributed by atoms with van der Waals surface area (Å²) in [4.78, 5) is 11.8. The Bertz CT molecular complexity index is 580. The van der Waals surface area contributed by atoms with E-state index in [0.717, 1.165) is 5.69 Å². The van der Waals surface area contributed by atoms with E-state index in [4.69, 9.17) is 11.6 Å². The van der Waals surface area contributed by atoms with Crippen molar-refractivity contribution in [3.05, 3.63) is 41.2 Å². The van der Waals surface area contributed by atoms with E-state index in [1.807, 2.05) is 0 Å². The average Bonchev–Trinajstić information content (AvgIpc) is 2.64. The molecule has 0 unspecified atom stereocenters. The summed E-state index contributed by atoms with van der Waals surface area (Å²) in [6.07, 6.45) is 1.49. The number of carbonyl (C=O) groups excluding carboxylic acids is 1. The number of aromatic hydroxyl groups is 1. The molecule has 0 atom stereocenters. The minimum Gasteiger partial charge on any atom is -0.506 e. The summed E-state index contributed by atoms with van der Waals surface area (Å²) >= 11 is 5.84. The standard InChI is InChI=1S/C12H12ClN3O2/c1-8-9(13)6-14-16(8)7-12(18)15-10-4-2-3-5-11(10)17/h2-6,17H,7H2,1H3,(H,15,18). The monoisotopic (exact) mass is 265 g/mol. The number of halogens is 1. The summed E-state index contributed by atoms with van der Waals surface area (Å²) in [7, 11) is 0. The smallest absolute Gasteiger partial charge is 0.246 e. The lowest BCUT2D eigenvalue weighted by Gasteiger charge is -2.08. The van der Waals surface area contributed by atoms with Crippen molar-refractivity contribution in [3.63, 3.8) is 0 Å². The number of aromatic nitrogens is 2. The maximum atomic E-state index is 11.8. The molecule has 0 aliphatic heterocycles. The van der Waals surface area contributed by atoms with Gasteiger partial charge in [0.15, 0.2) is 0 Å². The molecule has 0 fully saturated rings. The Labute approximate surface area is 109 Å². The lowest BCUT2D eigenvalue weighted by molar-refractivity contribution is -0.116. The van der Waals surface area contributed by atoms with Gasteiger partial charge in [-0.2, -0.15) is 5.10 Å². The van der Waals surface area contributed by atoms with Crippen LogP contribution in [0.1, 0.15) is 5.69 Å². The summed E-state index contributed by atoms with van der Waals surface area (Å²) < 4.78 is 1.50. The van der Waals surface area contributed by atoms with Crippen LogP contribution in [0, 0.1) is 6.92 Å². The molecule has 1 aromatic carbocycles. The summed E-state index contributed by atoms with van der Waals surface area (Å²) in [6.45, 7) is 1.83. The molecule has 0 spiro atoms. The molecule has 94 valence electrons. The van der Waals surface area contributed by atoms with Gasteiger partial charge in [0.25, 0.3) is 0 Å². The van der Waals surface area contributed by atoms with E-state index < -0.39 is 0 Å². The molecular formula is C12H12ClN3O2.